The fourth-order valence-electron chi connectivity index (χ4n) is 4.27. The van der Waals surface area contributed by atoms with Crippen LogP contribution in [0.5, 0.6) is 0 Å². The molecule has 2 aliphatic rings. The molecule has 0 N–H and O–H groups in total. The van der Waals surface area contributed by atoms with Crippen molar-refractivity contribution in [3.8, 4) is 0 Å². The van der Waals surface area contributed by atoms with E-state index in [0.29, 0.717) is 24.0 Å². The number of para-hydroxylation sites is 1. The van der Waals surface area contributed by atoms with E-state index >= 15 is 0 Å². The summed E-state index contributed by atoms with van der Waals surface area (Å²) in [5.41, 5.74) is 1.17. The summed E-state index contributed by atoms with van der Waals surface area (Å²) in [7, 11) is 0. The summed E-state index contributed by atoms with van der Waals surface area (Å²) < 4.78 is 1.77. The highest BCUT2D eigenvalue weighted by atomic mass is 16.2. The summed E-state index contributed by atoms with van der Waals surface area (Å²) in [5, 5.41) is 0.636. The standard InChI is InChI=1S/C20H18N4O2/c25-19-15-5-1-2-6-16(15)22-18-11-13-8-9-14(12-23(18)19)24(13)20(26)17-7-3-4-10-21-17/h1-7,10,13-14H,8-9,11-12H2/t13-,14+/m0/s1. The highest BCUT2D eigenvalue weighted by molar-refractivity contribution is 5.93. The van der Waals surface area contributed by atoms with Gasteiger partial charge in [0.15, 0.2) is 0 Å². The zero-order valence-corrected chi connectivity index (χ0v) is 14.2. The summed E-state index contributed by atoms with van der Waals surface area (Å²) >= 11 is 0. The molecule has 0 spiro atoms. The molecule has 5 rings (SSSR count). The van der Waals surface area contributed by atoms with E-state index in [-0.39, 0.29) is 23.6 Å². The number of hydrogen-bond donors (Lipinski definition) is 0. The van der Waals surface area contributed by atoms with Gasteiger partial charge in [0.1, 0.15) is 11.5 Å². The van der Waals surface area contributed by atoms with Gasteiger partial charge in [-0.25, -0.2) is 4.98 Å². The lowest BCUT2D eigenvalue weighted by Crippen LogP contribution is -2.42. The second-order valence-electron chi connectivity index (χ2n) is 6.98. The van der Waals surface area contributed by atoms with E-state index in [9.17, 15) is 9.59 Å². The van der Waals surface area contributed by atoms with Crippen LogP contribution in [0.2, 0.25) is 0 Å². The molecule has 2 bridgehead atoms. The Hall–Kier alpha value is -3.02. The molecule has 0 aliphatic carbocycles. The van der Waals surface area contributed by atoms with Crippen LogP contribution in [0.15, 0.2) is 53.5 Å². The Kier molecular flexibility index (Phi) is 3.38. The van der Waals surface area contributed by atoms with E-state index in [4.69, 9.17) is 4.98 Å². The SMILES string of the molecule is O=C(c1ccccn1)N1[C@@H]2CC[C@H]1Cc1nc3ccccc3c(=O)n1C2. The van der Waals surface area contributed by atoms with Gasteiger partial charge < -0.3 is 4.90 Å². The van der Waals surface area contributed by atoms with Gasteiger partial charge in [0.2, 0.25) is 0 Å². The Labute approximate surface area is 150 Å². The lowest BCUT2D eigenvalue weighted by molar-refractivity contribution is 0.0659. The molecule has 0 unspecified atom stereocenters. The van der Waals surface area contributed by atoms with Crippen LogP contribution in [-0.2, 0) is 13.0 Å². The summed E-state index contributed by atoms with van der Waals surface area (Å²) in [6.07, 6.45) is 4.09. The molecule has 6 heteroatoms. The molecule has 1 saturated heterocycles. The van der Waals surface area contributed by atoms with Crippen LogP contribution in [0.1, 0.15) is 29.2 Å². The van der Waals surface area contributed by atoms with Crippen LogP contribution >= 0.6 is 0 Å². The maximum absolute atomic E-state index is 13.0. The first kappa shape index (κ1) is 15.3. The second kappa shape index (κ2) is 5.76. The number of aromatic nitrogens is 3. The lowest BCUT2D eigenvalue weighted by atomic mass is 10.1. The largest absolute Gasteiger partial charge is 0.329 e. The van der Waals surface area contributed by atoms with Gasteiger partial charge >= 0.3 is 0 Å². The van der Waals surface area contributed by atoms with Gasteiger partial charge in [-0.05, 0) is 37.1 Å². The number of pyridine rings is 1. The topological polar surface area (TPSA) is 68.1 Å². The molecule has 2 aliphatic heterocycles. The number of amides is 1. The van der Waals surface area contributed by atoms with Gasteiger partial charge in [-0.3, -0.25) is 19.1 Å². The van der Waals surface area contributed by atoms with Crippen molar-refractivity contribution >= 4 is 16.8 Å². The molecule has 1 fully saturated rings. The molecule has 4 heterocycles. The number of fused-ring (bicyclic) bond motifs is 4. The molecule has 26 heavy (non-hydrogen) atoms. The molecular formula is C20H18N4O2. The maximum atomic E-state index is 13.0. The first-order chi connectivity index (χ1) is 12.7. The van der Waals surface area contributed by atoms with Crippen molar-refractivity contribution in [1.29, 1.82) is 0 Å². The van der Waals surface area contributed by atoms with Crippen LogP contribution in [0.4, 0.5) is 0 Å². The van der Waals surface area contributed by atoms with Gasteiger partial charge in [-0.15, -0.1) is 0 Å². The fraction of sp³-hybridized carbons (Fsp3) is 0.300. The summed E-state index contributed by atoms with van der Waals surface area (Å²) in [4.78, 5) is 36.9. The number of carbonyl (C=O) groups excluding carboxylic acids is 1. The molecule has 6 nitrogen and oxygen atoms in total. The number of hydrogen-bond acceptors (Lipinski definition) is 4. The average molecular weight is 346 g/mol. The molecule has 0 radical (unpaired) electrons. The Morgan fingerprint density at radius 3 is 2.69 bits per heavy atom. The highest BCUT2D eigenvalue weighted by Gasteiger charge is 2.41. The zero-order chi connectivity index (χ0) is 17.7. The van der Waals surface area contributed by atoms with Gasteiger partial charge in [-0.1, -0.05) is 18.2 Å². The number of carbonyl (C=O) groups is 1. The van der Waals surface area contributed by atoms with Crippen LogP contribution in [0.3, 0.4) is 0 Å². The van der Waals surface area contributed by atoms with E-state index in [1.54, 1.807) is 22.9 Å². The minimum Gasteiger partial charge on any atom is -0.329 e. The van der Waals surface area contributed by atoms with Gasteiger partial charge in [0.25, 0.3) is 11.5 Å². The molecule has 0 saturated carbocycles. The van der Waals surface area contributed by atoms with Crippen molar-refractivity contribution in [3.63, 3.8) is 0 Å². The van der Waals surface area contributed by atoms with Crippen LogP contribution in [0.25, 0.3) is 10.9 Å². The summed E-state index contributed by atoms with van der Waals surface area (Å²) in [6, 6.07) is 12.9. The Morgan fingerprint density at radius 1 is 1.04 bits per heavy atom. The zero-order valence-electron chi connectivity index (χ0n) is 14.2. The van der Waals surface area contributed by atoms with E-state index < -0.39 is 0 Å². The van der Waals surface area contributed by atoms with Gasteiger partial charge in [-0.2, -0.15) is 0 Å². The maximum Gasteiger partial charge on any atom is 0.273 e. The Balaban J connectivity index is 1.59. The second-order valence-corrected chi connectivity index (χ2v) is 6.98. The number of rotatable bonds is 1. The van der Waals surface area contributed by atoms with Crippen LogP contribution in [-0.4, -0.2) is 37.4 Å². The average Bonchev–Trinajstić information content (AvgIpc) is 2.98. The first-order valence-corrected chi connectivity index (χ1v) is 8.94. The van der Waals surface area contributed by atoms with E-state index in [0.717, 1.165) is 24.2 Å². The number of nitrogens with zero attached hydrogens (tertiary/aromatic N) is 4. The highest BCUT2D eigenvalue weighted by Crippen LogP contribution is 2.32. The van der Waals surface area contributed by atoms with Gasteiger partial charge in [0.05, 0.1) is 16.9 Å². The summed E-state index contributed by atoms with van der Waals surface area (Å²) in [5.74, 6) is 0.725. The van der Waals surface area contributed by atoms with E-state index in [1.165, 1.54) is 0 Å². The van der Waals surface area contributed by atoms with Crippen LogP contribution < -0.4 is 5.56 Å². The quantitative estimate of drug-likeness (QED) is 0.676. The summed E-state index contributed by atoms with van der Waals surface area (Å²) in [6.45, 7) is 0.501. The lowest BCUT2D eigenvalue weighted by Gasteiger charge is -2.27. The minimum absolute atomic E-state index is 0.0106. The number of benzene rings is 1. The Morgan fingerprint density at radius 2 is 1.85 bits per heavy atom. The van der Waals surface area contributed by atoms with Crippen LogP contribution in [0, 0.1) is 0 Å². The van der Waals surface area contributed by atoms with Crippen molar-refractivity contribution in [3.05, 3.63) is 70.5 Å². The third kappa shape index (κ3) is 2.25. The first-order valence-electron chi connectivity index (χ1n) is 8.94. The smallest absolute Gasteiger partial charge is 0.273 e. The molecular weight excluding hydrogens is 328 g/mol. The third-order valence-corrected chi connectivity index (χ3v) is 5.49. The van der Waals surface area contributed by atoms with Gasteiger partial charge in [0, 0.05) is 25.2 Å². The molecule has 3 aromatic rings. The molecule has 1 aromatic carbocycles. The van der Waals surface area contributed by atoms with E-state index in [2.05, 4.69) is 4.98 Å². The predicted octanol–water partition coefficient (Wildman–Crippen LogP) is 2.02. The van der Waals surface area contributed by atoms with E-state index in [1.807, 2.05) is 35.2 Å². The van der Waals surface area contributed by atoms with Crippen molar-refractivity contribution in [2.45, 2.75) is 37.9 Å². The Bertz CT molecular complexity index is 1060. The minimum atomic E-state index is -0.0523. The normalized spacial score (nSPS) is 21.5. The monoisotopic (exact) mass is 346 g/mol. The predicted molar refractivity (Wildman–Crippen MR) is 96.9 cm³/mol. The van der Waals surface area contributed by atoms with Crippen molar-refractivity contribution < 1.29 is 4.79 Å². The molecule has 2 aromatic heterocycles. The van der Waals surface area contributed by atoms with Crippen molar-refractivity contribution in [1.82, 2.24) is 19.4 Å². The van der Waals surface area contributed by atoms with Crippen molar-refractivity contribution in [2.24, 2.45) is 0 Å². The third-order valence-electron chi connectivity index (χ3n) is 5.49. The molecule has 130 valence electrons. The molecule has 1 amide bonds. The fourth-order valence-corrected chi connectivity index (χ4v) is 4.27. The molecule has 2 atom stereocenters. The van der Waals surface area contributed by atoms with Crippen molar-refractivity contribution in [2.75, 3.05) is 0 Å².